The molecule has 2 aliphatic rings. The van der Waals surface area contributed by atoms with Gasteiger partial charge >= 0.3 is 0 Å². The Morgan fingerprint density at radius 3 is 2.56 bits per heavy atom. The van der Waals surface area contributed by atoms with Crippen molar-refractivity contribution in [2.75, 3.05) is 20.1 Å². The fraction of sp³-hybridized carbons (Fsp3) is 0.917. The van der Waals surface area contributed by atoms with Crippen LogP contribution in [0.2, 0.25) is 0 Å². The van der Waals surface area contributed by atoms with Crippen LogP contribution in [-0.4, -0.2) is 43.0 Å². The number of carbonyl (C=O) groups excluding carboxylic acids is 1. The van der Waals surface area contributed by atoms with Gasteiger partial charge < -0.3 is 16.0 Å². The number of likely N-dealkylation sites (N-methyl/N-ethyl adjacent to an activating group) is 1. The van der Waals surface area contributed by atoms with E-state index in [9.17, 15) is 4.79 Å². The number of nitrogens with two attached hydrogens (primary N) is 1. The number of amides is 1. The number of carbonyl (C=O) groups is 1. The molecule has 0 aromatic heterocycles. The maximum absolute atomic E-state index is 11.3. The molecule has 1 amide bonds. The summed E-state index contributed by atoms with van der Waals surface area (Å²) in [7, 11) is 2.09. The van der Waals surface area contributed by atoms with E-state index < -0.39 is 0 Å². The van der Waals surface area contributed by atoms with Crippen molar-refractivity contribution in [1.82, 2.24) is 10.2 Å². The van der Waals surface area contributed by atoms with E-state index in [1.165, 1.54) is 32.1 Å². The first-order valence-electron chi connectivity index (χ1n) is 6.39. The zero-order valence-corrected chi connectivity index (χ0v) is 10.1. The molecule has 0 heterocycles. The van der Waals surface area contributed by atoms with Gasteiger partial charge in [0.05, 0.1) is 6.04 Å². The summed E-state index contributed by atoms with van der Waals surface area (Å²) in [6, 6.07) is 0.368. The van der Waals surface area contributed by atoms with Crippen LogP contribution in [0.5, 0.6) is 0 Å². The van der Waals surface area contributed by atoms with Crippen molar-refractivity contribution >= 4 is 5.91 Å². The Morgan fingerprint density at radius 2 is 2.12 bits per heavy atom. The topological polar surface area (TPSA) is 58.4 Å². The molecular formula is C12H23N3O. The van der Waals surface area contributed by atoms with Crippen LogP contribution in [0.4, 0.5) is 0 Å². The van der Waals surface area contributed by atoms with Crippen molar-refractivity contribution in [3.8, 4) is 0 Å². The lowest BCUT2D eigenvalue weighted by Crippen LogP contribution is -2.50. The molecule has 4 heteroatoms. The van der Waals surface area contributed by atoms with Crippen molar-refractivity contribution in [3.63, 3.8) is 0 Å². The van der Waals surface area contributed by atoms with E-state index in [1.807, 2.05) is 0 Å². The molecule has 0 aromatic rings. The third kappa shape index (κ3) is 3.46. The Hall–Kier alpha value is -0.610. The van der Waals surface area contributed by atoms with Gasteiger partial charge in [0.25, 0.3) is 0 Å². The summed E-state index contributed by atoms with van der Waals surface area (Å²) < 4.78 is 0. The normalized spacial score (nSPS) is 23.1. The summed E-state index contributed by atoms with van der Waals surface area (Å²) in [6.45, 7) is 1.86. The molecule has 2 rings (SSSR count). The maximum atomic E-state index is 11.3. The largest absolute Gasteiger partial charge is 0.368 e. The van der Waals surface area contributed by atoms with Gasteiger partial charge in [-0.15, -0.1) is 0 Å². The molecule has 0 radical (unpaired) electrons. The van der Waals surface area contributed by atoms with Crippen LogP contribution in [0.25, 0.3) is 0 Å². The molecule has 4 nitrogen and oxygen atoms in total. The molecule has 16 heavy (non-hydrogen) atoms. The summed E-state index contributed by atoms with van der Waals surface area (Å²) in [4.78, 5) is 13.5. The number of nitrogens with zero attached hydrogens (tertiary/aromatic N) is 1. The Bertz CT molecular complexity index is 249. The molecule has 1 unspecified atom stereocenters. The van der Waals surface area contributed by atoms with Crippen LogP contribution < -0.4 is 11.1 Å². The average Bonchev–Trinajstić information content (AvgIpc) is 2.94. The smallest absolute Gasteiger partial charge is 0.235 e. The minimum Gasteiger partial charge on any atom is -0.368 e. The van der Waals surface area contributed by atoms with Crippen LogP contribution in [0.1, 0.15) is 32.1 Å². The molecular weight excluding hydrogens is 202 g/mol. The highest BCUT2D eigenvalue weighted by molar-refractivity contribution is 5.80. The predicted molar refractivity (Wildman–Crippen MR) is 64.0 cm³/mol. The summed E-state index contributed by atoms with van der Waals surface area (Å²) in [5.74, 6) is 0.631. The minimum absolute atomic E-state index is 0.169. The van der Waals surface area contributed by atoms with Crippen LogP contribution in [0.15, 0.2) is 0 Å². The first-order valence-corrected chi connectivity index (χ1v) is 6.39. The summed E-state index contributed by atoms with van der Waals surface area (Å²) in [6.07, 6.45) is 6.45. The van der Waals surface area contributed by atoms with Crippen LogP contribution in [-0.2, 0) is 4.79 Å². The summed E-state index contributed by atoms with van der Waals surface area (Å²) in [5, 5.41) is 3.31. The molecule has 0 bridgehead atoms. The molecule has 0 saturated heterocycles. The molecule has 2 fully saturated rings. The molecule has 0 aromatic carbocycles. The first kappa shape index (κ1) is 11.9. The van der Waals surface area contributed by atoms with Crippen molar-refractivity contribution in [2.24, 2.45) is 11.7 Å². The first-order chi connectivity index (χ1) is 7.65. The number of hydrogen-bond donors (Lipinski definition) is 2. The van der Waals surface area contributed by atoms with Crippen molar-refractivity contribution in [3.05, 3.63) is 0 Å². The second kappa shape index (κ2) is 5.15. The Morgan fingerprint density at radius 1 is 1.44 bits per heavy atom. The molecule has 2 aliphatic carbocycles. The second-order valence-electron chi connectivity index (χ2n) is 5.41. The van der Waals surface area contributed by atoms with Gasteiger partial charge in [-0.3, -0.25) is 4.79 Å². The third-order valence-electron chi connectivity index (χ3n) is 3.65. The Kier molecular flexibility index (Phi) is 3.82. The van der Waals surface area contributed by atoms with Crippen molar-refractivity contribution < 1.29 is 4.79 Å². The summed E-state index contributed by atoms with van der Waals surface area (Å²) in [5.41, 5.74) is 5.41. The van der Waals surface area contributed by atoms with Crippen LogP contribution >= 0.6 is 0 Å². The number of nitrogens with one attached hydrogen (secondary N) is 1. The van der Waals surface area contributed by atoms with Gasteiger partial charge in [-0.2, -0.15) is 0 Å². The summed E-state index contributed by atoms with van der Waals surface area (Å²) >= 11 is 0. The highest BCUT2D eigenvalue weighted by Crippen LogP contribution is 2.26. The zero-order chi connectivity index (χ0) is 11.5. The predicted octanol–water partition coefficient (Wildman–Crippen LogP) is 0.324. The molecule has 0 aliphatic heterocycles. The molecule has 1 atom stereocenters. The average molecular weight is 225 g/mol. The standard InChI is InChI=1S/C12H23N3O/c1-15(7-9-3-2-4-9)8-11(12(13)16)14-10-5-6-10/h9-11,14H,2-8H2,1H3,(H2,13,16). The van der Waals surface area contributed by atoms with Gasteiger partial charge in [-0.1, -0.05) is 6.42 Å². The van der Waals surface area contributed by atoms with E-state index in [1.54, 1.807) is 0 Å². The third-order valence-corrected chi connectivity index (χ3v) is 3.65. The monoisotopic (exact) mass is 225 g/mol. The van der Waals surface area contributed by atoms with Gasteiger partial charge in [-0.05, 0) is 38.6 Å². The van der Waals surface area contributed by atoms with Crippen LogP contribution in [0.3, 0.4) is 0 Å². The number of primary amides is 1. The van der Waals surface area contributed by atoms with E-state index in [4.69, 9.17) is 5.73 Å². The van der Waals surface area contributed by atoms with Crippen LogP contribution in [0, 0.1) is 5.92 Å². The van der Waals surface area contributed by atoms with Gasteiger partial charge in [0.2, 0.25) is 5.91 Å². The quantitative estimate of drug-likeness (QED) is 0.656. The lowest BCUT2D eigenvalue weighted by atomic mass is 9.85. The fourth-order valence-corrected chi connectivity index (χ4v) is 2.26. The molecule has 92 valence electrons. The lowest BCUT2D eigenvalue weighted by molar-refractivity contribution is -0.120. The SMILES string of the molecule is CN(CC1CCC1)CC(NC1CC1)C(N)=O. The fourth-order valence-electron chi connectivity index (χ4n) is 2.26. The highest BCUT2D eigenvalue weighted by Gasteiger charge is 2.28. The Labute approximate surface area is 97.6 Å². The van der Waals surface area contributed by atoms with E-state index in [-0.39, 0.29) is 11.9 Å². The highest BCUT2D eigenvalue weighted by atomic mass is 16.1. The Balaban J connectivity index is 1.71. The van der Waals surface area contributed by atoms with Gasteiger partial charge in [0.1, 0.15) is 0 Å². The van der Waals surface area contributed by atoms with Crippen molar-refractivity contribution in [1.29, 1.82) is 0 Å². The zero-order valence-electron chi connectivity index (χ0n) is 10.1. The van der Waals surface area contributed by atoms with Gasteiger partial charge in [0, 0.05) is 19.1 Å². The van der Waals surface area contributed by atoms with Crippen molar-refractivity contribution in [2.45, 2.75) is 44.2 Å². The van der Waals surface area contributed by atoms with Gasteiger partial charge in [0.15, 0.2) is 0 Å². The maximum Gasteiger partial charge on any atom is 0.235 e. The van der Waals surface area contributed by atoms with E-state index in [0.717, 1.165) is 19.0 Å². The molecule has 0 spiro atoms. The number of hydrogen-bond acceptors (Lipinski definition) is 3. The number of rotatable bonds is 7. The molecule has 3 N–H and O–H groups in total. The van der Waals surface area contributed by atoms with E-state index in [2.05, 4.69) is 17.3 Å². The van der Waals surface area contributed by atoms with Gasteiger partial charge in [-0.25, -0.2) is 0 Å². The second-order valence-corrected chi connectivity index (χ2v) is 5.41. The van der Waals surface area contributed by atoms with E-state index in [0.29, 0.717) is 6.04 Å². The minimum atomic E-state index is -0.215. The van der Waals surface area contributed by atoms with E-state index >= 15 is 0 Å². The lowest BCUT2D eigenvalue weighted by Gasteiger charge is -2.31. The molecule has 2 saturated carbocycles.